The van der Waals surface area contributed by atoms with Gasteiger partial charge in [0.2, 0.25) is 0 Å². The molecule has 1 saturated heterocycles. The zero-order valence-electron chi connectivity index (χ0n) is 15.2. The van der Waals surface area contributed by atoms with Crippen LogP contribution in [0.15, 0.2) is 29.3 Å². The van der Waals surface area contributed by atoms with Gasteiger partial charge in [0.25, 0.3) is 5.91 Å². The molecule has 1 aromatic carbocycles. The molecule has 1 saturated carbocycles. The Morgan fingerprint density at radius 1 is 1.32 bits per heavy atom. The predicted octanol–water partition coefficient (Wildman–Crippen LogP) is 2.66. The van der Waals surface area contributed by atoms with E-state index in [1.165, 1.54) is 25.7 Å². The Kier molecular flexibility index (Phi) is 7.10. The highest BCUT2D eigenvalue weighted by molar-refractivity contribution is 14.0. The Morgan fingerprint density at radius 3 is 2.72 bits per heavy atom. The standard InChI is InChI=1S/C19H28N4O.HI/c1-20-17(24)16-6-3-5-15(13-16)7-11-22-18(21-2)23-12-10-19(14-23)8-4-9-19;/h3,5-6,13H,4,7-12,14H2,1-2H3,(H,20,24)(H,21,22);1H. The molecule has 1 aliphatic carbocycles. The van der Waals surface area contributed by atoms with Crippen molar-refractivity contribution in [1.82, 2.24) is 15.5 Å². The first-order valence-electron chi connectivity index (χ1n) is 8.92. The summed E-state index contributed by atoms with van der Waals surface area (Å²) in [5, 5.41) is 6.15. The number of hydrogen-bond donors (Lipinski definition) is 2. The van der Waals surface area contributed by atoms with Crippen molar-refractivity contribution < 1.29 is 4.79 Å². The molecule has 0 bridgehead atoms. The van der Waals surface area contributed by atoms with E-state index in [1.807, 2.05) is 25.2 Å². The first kappa shape index (κ1) is 20.0. The molecule has 0 radical (unpaired) electrons. The van der Waals surface area contributed by atoms with Gasteiger partial charge >= 0.3 is 0 Å². The van der Waals surface area contributed by atoms with Crippen LogP contribution in [0.5, 0.6) is 0 Å². The second kappa shape index (κ2) is 8.87. The highest BCUT2D eigenvalue weighted by Gasteiger charge is 2.43. The fourth-order valence-corrected chi connectivity index (χ4v) is 3.86. The van der Waals surface area contributed by atoms with Gasteiger partial charge in [-0.15, -0.1) is 24.0 Å². The Bertz CT molecular complexity index is 628. The van der Waals surface area contributed by atoms with Crippen molar-refractivity contribution in [3.63, 3.8) is 0 Å². The number of amides is 1. The van der Waals surface area contributed by atoms with Crippen LogP contribution in [0.1, 0.15) is 41.6 Å². The smallest absolute Gasteiger partial charge is 0.251 e. The van der Waals surface area contributed by atoms with Crippen LogP contribution in [-0.2, 0) is 6.42 Å². The predicted molar refractivity (Wildman–Crippen MR) is 113 cm³/mol. The summed E-state index contributed by atoms with van der Waals surface area (Å²) >= 11 is 0. The summed E-state index contributed by atoms with van der Waals surface area (Å²) in [5.41, 5.74) is 2.46. The van der Waals surface area contributed by atoms with E-state index >= 15 is 0 Å². The molecule has 1 aliphatic heterocycles. The number of carbonyl (C=O) groups excluding carboxylic acids is 1. The van der Waals surface area contributed by atoms with Gasteiger partial charge in [-0.1, -0.05) is 18.6 Å². The molecule has 25 heavy (non-hydrogen) atoms. The number of hydrogen-bond acceptors (Lipinski definition) is 2. The molecule has 2 aliphatic rings. The maximum Gasteiger partial charge on any atom is 0.251 e. The lowest BCUT2D eigenvalue weighted by Gasteiger charge is -2.38. The zero-order valence-corrected chi connectivity index (χ0v) is 17.5. The van der Waals surface area contributed by atoms with Gasteiger partial charge in [0.05, 0.1) is 0 Å². The Morgan fingerprint density at radius 2 is 2.12 bits per heavy atom. The van der Waals surface area contributed by atoms with Crippen molar-refractivity contribution in [3.8, 4) is 0 Å². The largest absolute Gasteiger partial charge is 0.356 e. The summed E-state index contributed by atoms with van der Waals surface area (Å²) in [6, 6.07) is 7.81. The first-order chi connectivity index (χ1) is 11.7. The highest BCUT2D eigenvalue weighted by atomic mass is 127. The maximum absolute atomic E-state index is 11.7. The van der Waals surface area contributed by atoms with Crippen molar-refractivity contribution in [2.24, 2.45) is 10.4 Å². The molecule has 138 valence electrons. The van der Waals surface area contributed by atoms with E-state index in [0.717, 1.165) is 37.6 Å². The molecule has 3 rings (SSSR count). The van der Waals surface area contributed by atoms with Crippen LogP contribution in [0, 0.1) is 5.41 Å². The molecular formula is C19H29IN4O. The molecule has 2 fully saturated rings. The van der Waals surface area contributed by atoms with E-state index in [1.54, 1.807) is 7.05 Å². The minimum absolute atomic E-state index is 0. The first-order valence-corrected chi connectivity index (χ1v) is 8.92. The number of rotatable bonds is 4. The number of likely N-dealkylation sites (tertiary alicyclic amines) is 1. The van der Waals surface area contributed by atoms with E-state index in [2.05, 4.69) is 26.6 Å². The van der Waals surface area contributed by atoms with E-state index in [-0.39, 0.29) is 29.9 Å². The summed E-state index contributed by atoms with van der Waals surface area (Å²) in [6.45, 7) is 3.10. The molecule has 0 atom stereocenters. The summed E-state index contributed by atoms with van der Waals surface area (Å²) in [5.74, 6) is 0.977. The molecule has 5 nitrogen and oxygen atoms in total. The molecule has 0 unspecified atom stereocenters. The Hall–Kier alpha value is -1.31. The minimum atomic E-state index is -0.0384. The molecule has 0 aromatic heterocycles. The summed E-state index contributed by atoms with van der Waals surface area (Å²) in [7, 11) is 3.52. The van der Waals surface area contributed by atoms with Crippen molar-refractivity contribution in [2.45, 2.75) is 32.1 Å². The van der Waals surface area contributed by atoms with Gasteiger partial charge in [-0.05, 0) is 48.8 Å². The van der Waals surface area contributed by atoms with Crippen LogP contribution in [0.2, 0.25) is 0 Å². The van der Waals surface area contributed by atoms with Gasteiger partial charge < -0.3 is 15.5 Å². The maximum atomic E-state index is 11.7. The van der Waals surface area contributed by atoms with Gasteiger partial charge in [0.1, 0.15) is 0 Å². The number of nitrogens with one attached hydrogen (secondary N) is 2. The Labute approximate surface area is 167 Å². The van der Waals surface area contributed by atoms with Crippen LogP contribution in [0.4, 0.5) is 0 Å². The number of benzene rings is 1. The molecule has 1 spiro atoms. The van der Waals surface area contributed by atoms with Gasteiger partial charge in [-0.25, -0.2) is 0 Å². The second-order valence-corrected chi connectivity index (χ2v) is 7.03. The van der Waals surface area contributed by atoms with E-state index in [4.69, 9.17) is 0 Å². The van der Waals surface area contributed by atoms with Gasteiger partial charge in [0.15, 0.2) is 5.96 Å². The summed E-state index contributed by atoms with van der Waals surface area (Å²) < 4.78 is 0. The average Bonchev–Trinajstić information content (AvgIpc) is 3.04. The average molecular weight is 456 g/mol. The topological polar surface area (TPSA) is 56.7 Å². The quantitative estimate of drug-likeness (QED) is 0.416. The fourth-order valence-electron chi connectivity index (χ4n) is 3.86. The highest BCUT2D eigenvalue weighted by Crippen LogP contribution is 2.47. The normalized spacial score (nSPS) is 18.5. The molecule has 6 heteroatoms. The molecule has 1 amide bonds. The monoisotopic (exact) mass is 456 g/mol. The lowest BCUT2D eigenvalue weighted by molar-refractivity contribution is 0.0963. The Balaban J connectivity index is 0.00000225. The van der Waals surface area contributed by atoms with E-state index < -0.39 is 0 Å². The molecule has 2 N–H and O–H groups in total. The van der Waals surface area contributed by atoms with Crippen molar-refractivity contribution in [1.29, 1.82) is 0 Å². The number of aliphatic imine (C=N–C) groups is 1. The molecular weight excluding hydrogens is 427 g/mol. The SMILES string of the molecule is CN=C(NCCc1cccc(C(=O)NC)c1)N1CCC2(CCC2)C1.I. The van der Waals surface area contributed by atoms with Crippen molar-refractivity contribution in [2.75, 3.05) is 33.7 Å². The van der Waals surface area contributed by atoms with E-state index in [0.29, 0.717) is 11.0 Å². The number of carbonyl (C=O) groups is 1. The third kappa shape index (κ3) is 4.65. The minimum Gasteiger partial charge on any atom is -0.356 e. The molecule has 1 aromatic rings. The van der Waals surface area contributed by atoms with Crippen LogP contribution in [0.3, 0.4) is 0 Å². The van der Waals surface area contributed by atoms with Crippen LogP contribution >= 0.6 is 24.0 Å². The number of halogens is 1. The second-order valence-electron chi connectivity index (χ2n) is 7.03. The lowest BCUT2D eigenvalue weighted by Crippen LogP contribution is -2.43. The van der Waals surface area contributed by atoms with E-state index in [9.17, 15) is 4.79 Å². The van der Waals surface area contributed by atoms with Crippen LogP contribution in [-0.4, -0.2) is 50.5 Å². The fraction of sp³-hybridized carbons (Fsp3) is 0.579. The van der Waals surface area contributed by atoms with Crippen molar-refractivity contribution in [3.05, 3.63) is 35.4 Å². The van der Waals surface area contributed by atoms with Crippen LogP contribution < -0.4 is 10.6 Å². The zero-order chi connectivity index (χ0) is 17.0. The van der Waals surface area contributed by atoms with Crippen molar-refractivity contribution >= 4 is 35.8 Å². The third-order valence-electron chi connectivity index (χ3n) is 5.48. The lowest BCUT2D eigenvalue weighted by atomic mass is 9.68. The van der Waals surface area contributed by atoms with Crippen LogP contribution in [0.25, 0.3) is 0 Å². The summed E-state index contributed by atoms with van der Waals surface area (Å²) in [6.07, 6.45) is 6.34. The number of guanidine groups is 1. The summed E-state index contributed by atoms with van der Waals surface area (Å²) in [4.78, 5) is 18.6. The number of nitrogens with zero attached hydrogens (tertiary/aromatic N) is 2. The van der Waals surface area contributed by atoms with Gasteiger partial charge in [-0.2, -0.15) is 0 Å². The van der Waals surface area contributed by atoms with Gasteiger partial charge in [0, 0.05) is 39.3 Å². The molecule has 1 heterocycles. The van der Waals surface area contributed by atoms with Gasteiger partial charge in [-0.3, -0.25) is 9.79 Å². The third-order valence-corrected chi connectivity index (χ3v) is 5.48.